The summed E-state index contributed by atoms with van der Waals surface area (Å²) in [5, 5.41) is 14.6. The molecule has 0 saturated carbocycles. The lowest BCUT2D eigenvalue weighted by atomic mass is 9.94. The van der Waals surface area contributed by atoms with Crippen molar-refractivity contribution in [2.24, 2.45) is 11.8 Å². The van der Waals surface area contributed by atoms with Gasteiger partial charge in [0.1, 0.15) is 0 Å². The van der Waals surface area contributed by atoms with Gasteiger partial charge < -0.3 is 15.7 Å². The van der Waals surface area contributed by atoms with Gasteiger partial charge in [0.05, 0.1) is 0 Å². The normalized spacial score (nSPS) is 15.0. The third-order valence-electron chi connectivity index (χ3n) is 4.16. The fourth-order valence-corrected chi connectivity index (χ4v) is 2.31. The van der Waals surface area contributed by atoms with E-state index in [1.54, 1.807) is 0 Å². The predicted octanol–water partition coefficient (Wildman–Crippen LogP) is 3.39. The maximum Gasteiger partial charge on any atom is 0.315 e. The molecule has 21 heavy (non-hydrogen) atoms. The Labute approximate surface area is 128 Å². The fourth-order valence-electron chi connectivity index (χ4n) is 2.31. The number of carboxylic acid groups (broad SMARTS) is 1. The van der Waals surface area contributed by atoms with E-state index in [1.807, 2.05) is 6.92 Å². The molecule has 3 N–H and O–H groups in total. The Bertz CT molecular complexity index is 308. The summed E-state index contributed by atoms with van der Waals surface area (Å²) >= 11 is 0. The van der Waals surface area contributed by atoms with Crippen LogP contribution in [0.2, 0.25) is 0 Å². The highest BCUT2D eigenvalue weighted by atomic mass is 16.4. The molecule has 0 aromatic rings. The molecule has 124 valence electrons. The first-order valence-electron chi connectivity index (χ1n) is 8.16. The van der Waals surface area contributed by atoms with Gasteiger partial charge in [-0.2, -0.15) is 0 Å². The minimum Gasteiger partial charge on any atom is -0.481 e. The van der Waals surface area contributed by atoms with Crippen molar-refractivity contribution in [3.8, 4) is 0 Å². The summed E-state index contributed by atoms with van der Waals surface area (Å²) in [5.41, 5.74) is 0. The summed E-state index contributed by atoms with van der Waals surface area (Å²) in [7, 11) is 0. The molecule has 2 amide bonds. The first-order valence-corrected chi connectivity index (χ1v) is 8.16. The number of amides is 2. The molecule has 0 rings (SSSR count). The molecule has 5 heteroatoms. The topological polar surface area (TPSA) is 78.4 Å². The van der Waals surface area contributed by atoms with Crippen LogP contribution in [0.1, 0.15) is 66.2 Å². The van der Waals surface area contributed by atoms with Gasteiger partial charge in [-0.1, -0.05) is 40.0 Å². The molecule has 0 aromatic heterocycles. The standard InChI is InChI=1S/C16H32N2O3/c1-5-7-14(8-9-15(19)20)10-11-17-16(21)18-13(4)12(3)6-2/h12-14H,5-11H2,1-4H3,(H,19,20)(H2,17,18,21). The van der Waals surface area contributed by atoms with Crippen molar-refractivity contribution in [3.05, 3.63) is 0 Å². The Morgan fingerprint density at radius 1 is 1.10 bits per heavy atom. The first-order chi connectivity index (χ1) is 9.90. The van der Waals surface area contributed by atoms with Crippen molar-refractivity contribution in [1.29, 1.82) is 0 Å². The van der Waals surface area contributed by atoms with E-state index in [9.17, 15) is 9.59 Å². The largest absolute Gasteiger partial charge is 0.481 e. The highest BCUT2D eigenvalue weighted by molar-refractivity contribution is 5.74. The first kappa shape index (κ1) is 19.7. The van der Waals surface area contributed by atoms with Crippen LogP contribution in [-0.2, 0) is 4.79 Å². The van der Waals surface area contributed by atoms with Gasteiger partial charge in [0.15, 0.2) is 0 Å². The van der Waals surface area contributed by atoms with Gasteiger partial charge in [-0.05, 0) is 31.6 Å². The summed E-state index contributed by atoms with van der Waals surface area (Å²) < 4.78 is 0. The van der Waals surface area contributed by atoms with Gasteiger partial charge in [0.25, 0.3) is 0 Å². The van der Waals surface area contributed by atoms with Crippen LogP contribution in [0.25, 0.3) is 0 Å². The molecular formula is C16H32N2O3. The second kappa shape index (κ2) is 11.4. The van der Waals surface area contributed by atoms with Crippen molar-refractivity contribution in [1.82, 2.24) is 10.6 Å². The monoisotopic (exact) mass is 300 g/mol. The second-order valence-electron chi connectivity index (χ2n) is 5.95. The highest BCUT2D eigenvalue weighted by Crippen LogP contribution is 2.17. The molecular weight excluding hydrogens is 268 g/mol. The average Bonchev–Trinajstić information content (AvgIpc) is 2.43. The fraction of sp³-hybridized carbons (Fsp3) is 0.875. The third kappa shape index (κ3) is 10.2. The van der Waals surface area contributed by atoms with Crippen LogP contribution < -0.4 is 10.6 Å². The highest BCUT2D eigenvalue weighted by Gasteiger charge is 2.14. The van der Waals surface area contributed by atoms with Crippen LogP contribution in [0.3, 0.4) is 0 Å². The molecule has 0 saturated heterocycles. The van der Waals surface area contributed by atoms with Crippen LogP contribution in [0.4, 0.5) is 4.79 Å². The lowest BCUT2D eigenvalue weighted by Gasteiger charge is -2.21. The maximum atomic E-state index is 11.8. The molecule has 0 aromatic carbocycles. The SMILES string of the molecule is CCCC(CCNC(=O)NC(C)C(C)CC)CCC(=O)O. The van der Waals surface area contributed by atoms with Crippen molar-refractivity contribution in [2.75, 3.05) is 6.54 Å². The van der Waals surface area contributed by atoms with Crippen molar-refractivity contribution in [3.63, 3.8) is 0 Å². The molecule has 0 aliphatic carbocycles. The van der Waals surface area contributed by atoms with Gasteiger partial charge in [-0.3, -0.25) is 4.79 Å². The number of carbonyl (C=O) groups excluding carboxylic acids is 1. The van der Waals surface area contributed by atoms with E-state index in [0.717, 1.165) is 25.7 Å². The smallest absolute Gasteiger partial charge is 0.315 e. The lowest BCUT2D eigenvalue weighted by molar-refractivity contribution is -0.137. The second-order valence-corrected chi connectivity index (χ2v) is 5.95. The molecule has 0 heterocycles. The van der Waals surface area contributed by atoms with E-state index in [0.29, 0.717) is 24.8 Å². The van der Waals surface area contributed by atoms with Gasteiger partial charge in [0.2, 0.25) is 0 Å². The minimum atomic E-state index is -0.746. The maximum absolute atomic E-state index is 11.8. The number of hydrogen-bond donors (Lipinski definition) is 3. The molecule has 0 aliphatic rings. The summed E-state index contributed by atoms with van der Waals surface area (Å²) in [5.74, 6) is 0.0849. The Morgan fingerprint density at radius 2 is 1.76 bits per heavy atom. The van der Waals surface area contributed by atoms with Crippen LogP contribution in [0, 0.1) is 11.8 Å². The molecule has 3 unspecified atom stereocenters. The Kier molecular flexibility index (Phi) is 10.7. The van der Waals surface area contributed by atoms with E-state index < -0.39 is 5.97 Å². The summed E-state index contributed by atoms with van der Waals surface area (Å²) in [6.45, 7) is 8.94. The van der Waals surface area contributed by atoms with Gasteiger partial charge >= 0.3 is 12.0 Å². The van der Waals surface area contributed by atoms with E-state index in [-0.39, 0.29) is 18.5 Å². The molecule has 5 nitrogen and oxygen atoms in total. The van der Waals surface area contributed by atoms with Gasteiger partial charge in [-0.15, -0.1) is 0 Å². The zero-order chi connectivity index (χ0) is 16.3. The number of urea groups is 1. The van der Waals surface area contributed by atoms with E-state index in [2.05, 4.69) is 31.4 Å². The van der Waals surface area contributed by atoms with E-state index in [1.165, 1.54) is 0 Å². The van der Waals surface area contributed by atoms with Gasteiger partial charge in [-0.25, -0.2) is 4.79 Å². The number of carbonyl (C=O) groups is 2. The molecule has 0 spiro atoms. The predicted molar refractivity (Wildman–Crippen MR) is 85.3 cm³/mol. The minimum absolute atomic E-state index is 0.128. The average molecular weight is 300 g/mol. The van der Waals surface area contributed by atoms with E-state index >= 15 is 0 Å². The third-order valence-corrected chi connectivity index (χ3v) is 4.16. The Hall–Kier alpha value is -1.26. The Balaban J connectivity index is 3.96. The summed E-state index contributed by atoms with van der Waals surface area (Å²) in [6.07, 6.45) is 4.83. The van der Waals surface area contributed by atoms with Crippen molar-refractivity contribution in [2.45, 2.75) is 72.3 Å². The molecule has 0 bridgehead atoms. The number of carboxylic acids is 1. The lowest BCUT2D eigenvalue weighted by Crippen LogP contribution is -2.43. The van der Waals surface area contributed by atoms with Gasteiger partial charge in [0, 0.05) is 19.0 Å². The van der Waals surface area contributed by atoms with Crippen molar-refractivity contribution < 1.29 is 14.7 Å². The number of aliphatic carboxylic acids is 1. The Morgan fingerprint density at radius 3 is 2.29 bits per heavy atom. The van der Waals surface area contributed by atoms with Crippen LogP contribution in [0.15, 0.2) is 0 Å². The van der Waals surface area contributed by atoms with Crippen molar-refractivity contribution >= 4 is 12.0 Å². The van der Waals surface area contributed by atoms with Crippen LogP contribution in [-0.4, -0.2) is 29.7 Å². The number of hydrogen-bond acceptors (Lipinski definition) is 2. The zero-order valence-corrected chi connectivity index (χ0v) is 13.9. The molecule has 0 aliphatic heterocycles. The van der Waals surface area contributed by atoms with E-state index in [4.69, 9.17) is 5.11 Å². The number of nitrogens with one attached hydrogen (secondary N) is 2. The molecule has 0 radical (unpaired) electrons. The van der Waals surface area contributed by atoms with Crippen LogP contribution >= 0.6 is 0 Å². The molecule has 0 fully saturated rings. The van der Waals surface area contributed by atoms with Crippen LogP contribution in [0.5, 0.6) is 0 Å². The quantitative estimate of drug-likeness (QED) is 0.547. The zero-order valence-electron chi connectivity index (χ0n) is 13.9. The summed E-state index contributed by atoms with van der Waals surface area (Å²) in [6, 6.07) is 0.0322. The number of rotatable bonds is 11. The molecule has 3 atom stereocenters. The summed E-state index contributed by atoms with van der Waals surface area (Å²) in [4.78, 5) is 22.4.